The fourth-order valence-electron chi connectivity index (χ4n) is 2.46. The number of esters is 1. The molecular weight excluding hydrogens is 247 g/mol. The molecule has 0 amide bonds. The standard InChI is InChI=1S/C17H33BO2/c1-20-17(19)15-13-11-9-7-5-3-2-4-6-8-10-12-14-16-18/h2-16H2,1H3. The summed E-state index contributed by atoms with van der Waals surface area (Å²) in [6.07, 6.45) is 18.3. The van der Waals surface area contributed by atoms with Gasteiger partial charge in [-0.05, 0) is 6.42 Å². The second-order valence-electron chi connectivity index (χ2n) is 5.71. The van der Waals surface area contributed by atoms with Crippen molar-refractivity contribution in [2.75, 3.05) is 7.11 Å². The molecule has 0 saturated heterocycles. The van der Waals surface area contributed by atoms with Crippen LogP contribution >= 0.6 is 0 Å². The summed E-state index contributed by atoms with van der Waals surface area (Å²) in [6.45, 7) is 0. The molecule has 3 heteroatoms. The van der Waals surface area contributed by atoms with E-state index in [-0.39, 0.29) is 5.97 Å². The molecule has 0 atom stereocenters. The smallest absolute Gasteiger partial charge is 0.305 e. The molecule has 2 radical (unpaired) electrons. The van der Waals surface area contributed by atoms with E-state index in [1.165, 1.54) is 77.7 Å². The van der Waals surface area contributed by atoms with Crippen molar-refractivity contribution in [3.8, 4) is 0 Å². The van der Waals surface area contributed by atoms with Gasteiger partial charge in [0, 0.05) is 6.42 Å². The van der Waals surface area contributed by atoms with Crippen molar-refractivity contribution in [1.82, 2.24) is 0 Å². The van der Waals surface area contributed by atoms with Crippen LogP contribution in [-0.2, 0) is 9.53 Å². The molecule has 0 aliphatic rings. The molecule has 0 bridgehead atoms. The van der Waals surface area contributed by atoms with E-state index in [2.05, 4.69) is 4.74 Å². The van der Waals surface area contributed by atoms with E-state index in [1.54, 1.807) is 0 Å². The van der Waals surface area contributed by atoms with E-state index in [4.69, 9.17) is 7.85 Å². The number of unbranched alkanes of at least 4 members (excludes halogenated alkanes) is 12. The molecule has 0 aromatic rings. The van der Waals surface area contributed by atoms with E-state index in [9.17, 15) is 4.79 Å². The van der Waals surface area contributed by atoms with Crippen molar-refractivity contribution in [1.29, 1.82) is 0 Å². The van der Waals surface area contributed by atoms with Crippen molar-refractivity contribution >= 4 is 13.8 Å². The summed E-state index contributed by atoms with van der Waals surface area (Å²) in [4.78, 5) is 10.9. The molecular formula is C17H33BO2. The van der Waals surface area contributed by atoms with E-state index >= 15 is 0 Å². The third-order valence-corrected chi connectivity index (χ3v) is 3.81. The molecule has 0 heterocycles. The number of carbonyl (C=O) groups is 1. The molecule has 0 fully saturated rings. The number of methoxy groups -OCH3 is 1. The SMILES string of the molecule is [B]CCCCCCCCCCCCCCCC(=O)OC. The molecule has 0 rings (SSSR count). The summed E-state index contributed by atoms with van der Waals surface area (Å²) < 4.78 is 4.62. The molecule has 0 N–H and O–H groups in total. The van der Waals surface area contributed by atoms with Crippen LogP contribution in [0.15, 0.2) is 0 Å². The van der Waals surface area contributed by atoms with Crippen molar-refractivity contribution in [3.05, 3.63) is 0 Å². The van der Waals surface area contributed by atoms with Crippen molar-refractivity contribution in [2.45, 2.75) is 96.2 Å². The topological polar surface area (TPSA) is 26.3 Å². The van der Waals surface area contributed by atoms with E-state index in [0.717, 1.165) is 19.2 Å². The number of rotatable bonds is 15. The number of ether oxygens (including phenoxy) is 1. The van der Waals surface area contributed by atoms with Gasteiger partial charge in [0.2, 0.25) is 0 Å². The minimum atomic E-state index is -0.0727. The minimum absolute atomic E-state index is 0.0727. The first kappa shape index (κ1) is 19.5. The average Bonchev–Trinajstić information content (AvgIpc) is 2.47. The Morgan fingerprint density at radius 1 is 0.700 bits per heavy atom. The zero-order valence-corrected chi connectivity index (χ0v) is 13.5. The lowest BCUT2D eigenvalue weighted by Gasteiger charge is -2.03. The Morgan fingerprint density at radius 2 is 1.05 bits per heavy atom. The number of carbonyl (C=O) groups excluding carboxylic acids is 1. The number of hydrogen-bond donors (Lipinski definition) is 0. The minimum Gasteiger partial charge on any atom is -0.469 e. The fraction of sp³-hybridized carbons (Fsp3) is 0.941. The summed E-state index contributed by atoms with van der Waals surface area (Å²) in [5.41, 5.74) is 0. The quantitative estimate of drug-likeness (QED) is 0.234. The summed E-state index contributed by atoms with van der Waals surface area (Å²) in [5, 5.41) is 0. The van der Waals surface area contributed by atoms with Gasteiger partial charge in [0.1, 0.15) is 0 Å². The maximum Gasteiger partial charge on any atom is 0.305 e. The largest absolute Gasteiger partial charge is 0.469 e. The third-order valence-electron chi connectivity index (χ3n) is 3.81. The van der Waals surface area contributed by atoms with Crippen molar-refractivity contribution in [3.63, 3.8) is 0 Å². The highest BCUT2D eigenvalue weighted by Crippen LogP contribution is 2.13. The Balaban J connectivity index is 2.97. The molecule has 2 nitrogen and oxygen atoms in total. The molecule has 0 unspecified atom stereocenters. The summed E-state index contributed by atoms with van der Waals surface area (Å²) in [7, 11) is 6.93. The first-order chi connectivity index (χ1) is 9.81. The fourth-order valence-corrected chi connectivity index (χ4v) is 2.46. The van der Waals surface area contributed by atoms with Crippen molar-refractivity contribution in [2.24, 2.45) is 0 Å². The summed E-state index contributed by atoms with van der Waals surface area (Å²) in [6, 6.07) is 0. The Morgan fingerprint density at radius 3 is 1.40 bits per heavy atom. The highest BCUT2D eigenvalue weighted by Gasteiger charge is 1.99. The van der Waals surface area contributed by atoms with Crippen LogP contribution in [0.5, 0.6) is 0 Å². The van der Waals surface area contributed by atoms with Gasteiger partial charge >= 0.3 is 5.97 Å². The van der Waals surface area contributed by atoms with Gasteiger partial charge in [-0.15, -0.1) is 0 Å². The Kier molecular flexibility index (Phi) is 16.2. The maximum absolute atomic E-state index is 10.9. The first-order valence-electron chi connectivity index (χ1n) is 8.58. The van der Waals surface area contributed by atoms with Gasteiger partial charge in [0.15, 0.2) is 0 Å². The van der Waals surface area contributed by atoms with Crippen LogP contribution in [0.1, 0.15) is 89.9 Å². The second-order valence-corrected chi connectivity index (χ2v) is 5.71. The van der Waals surface area contributed by atoms with Crippen LogP contribution in [-0.4, -0.2) is 20.9 Å². The highest BCUT2D eigenvalue weighted by atomic mass is 16.5. The molecule has 0 aliphatic heterocycles. The summed E-state index contributed by atoms with van der Waals surface area (Å²) in [5.74, 6) is -0.0727. The van der Waals surface area contributed by atoms with Gasteiger partial charge in [-0.25, -0.2) is 0 Å². The van der Waals surface area contributed by atoms with Crippen LogP contribution in [0.4, 0.5) is 0 Å². The zero-order valence-electron chi connectivity index (χ0n) is 13.5. The Hall–Kier alpha value is -0.465. The second kappa shape index (κ2) is 16.6. The Bertz CT molecular complexity index is 207. The summed E-state index contributed by atoms with van der Waals surface area (Å²) >= 11 is 0. The zero-order chi connectivity index (χ0) is 14.9. The van der Waals surface area contributed by atoms with Crippen molar-refractivity contribution < 1.29 is 9.53 Å². The van der Waals surface area contributed by atoms with E-state index in [0.29, 0.717) is 6.42 Å². The third kappa shape index (κ3) is 15.6. The maximum atomic E-state index is 10.9. The normalized spacial score (nSPS) is 10.7. The van der Waals surface area contributed by atoms with Crippen LogP contribution in [0.3, 0.4) is 0 Å². The van der Waals surface area contributed by atoms with Crippen LogP contribution in [0.25, 0.3) is 0 Å². The molecule has 0 spiro atoms. The average molecular weight is 280 g/mol. The lowest BCUT2D eigenvalue weighted by Crippen LogP contribution is -1.99. The van der Waals surface area contributed by atoms with Crippen LogP contribution in [0.2, 0.25) is 6.32 Å². The van der Waals surface area contributed by atoms with Crippen LogP contribution in [0, 0.1) is 0 Å². The molecule has 0 aliphatic carbocycles. The van der Waals surface area contributed by atoms with Crippen LogP contribution < -0.4 is 0 Å². The highest BCUT2D eigenvalue weighted by molar-refractivity contribution is 6.08. The van der Waals surface area contributed by atoms with Gasteiger partial charge in [-0.2, -0.15) is 0 Å². The van der Waals surface area contributed by atoms with Gasteiger partial charge in [0.05, 0.1) is 15.0 Å². The van der Waals surface area contributed by atoms with Gasteiger partial charge < -0.3 is 4.74 Å². The van der Waals surface area contributed by atoms with E-state index in [1.807, 2.05) is 0 Å². The predicted molar refractivity (Wildman–Crippen MR) is 87.2 cm³/mol. The molecule has 20 heavy (non-hydrogen) atoms. The van der Waals surface area contributed by atoms with E-state index < -0.39 is 0 Å². The Labute approximate surface area is 127 Å². The van der Waals surface area contributed by atoms with Gasteiger partial charge in [-0.1, -0.05) is 83.4 Å². The van der Waals surface area contributed by atoms with Gasteiger partial charge in [0.25, 0.3) is 0 Å². The number of hydrogen-bond acceptors (Lipinski definition) is 2. The monoisotopic (exact) mass is 280 g/mol. The predicted octanol–water partition coefficient (Wildman–Crippen LogP) is 5.21. The molecule has 116 valence electrons. The molecule has 0 aromatic carbocycles. The molecule has 0 aromatic heterocycles. The van der Waals surface area contributed by atoms with Gasteiger partial charge in [-0.3, -0.25) is 4.79 Å². The first-order valence-corrected chi connectivity index (χ1v) is 8.58. The lowest BCUT2D eigenvalue weighted by molar-refractivity contribution is -0.140. The molecule has 0 saturated carbocycles. The lowest BCUT2D eigenvalue weighted by atomic mass is 9.98.